The molecule has 0 saturated carbocycles. The number of hydrogen-bond donors (Lipinski definition) is 1. The minimum absolute atomic E-state index is 0.256. The molecule has 0 fully saturated rings. The zero-order valence-electron chi connectivity index (χ0n) is 10.8. The van der Waals surface area contributed by atoms with Crippen LogP contribution in [0.25, 0.3) is 0 Å². The van der Waals surface area contributed by atoms with Crippen LogP contribution in [0.15, 0.2) is 12.3 Å². The van der Waals surface area contributed by atoms with Gasteiger partial charge in [0.25, 0.3) is 0 Å². The molecule has 0 amide bonds. The lowest BCUT2D eigenvalue weighted by atomic mass is 10.3. The van der Waals surface area contributed by atoms with Gasteiger partial charge in [0.05, 0.1) is 23.6 Å². The zero-order valence-corrected chi connectivity index (χ0v) is 10.8. The predicted octanol–water partition coefficient (Wildman–Crippen LogP) is 2.09. The average molecular weight is 273 g/mol. The normalized spacial score (nSPS) is 11.9. The zero-order chi connectivity index (χ0) is 14.2. The van der Waals surface area contributed by atoms with Crippen molar-refractivity contribution in [2.24, 2.45) is 14.1 Å². The Balaban J connectivity index is 2.12. The van der Waals surface area contributed by atoms with Crippen LogP contribution in [0.4, 0.5) is 18.9 Å². The van der Waals surface area contributed by atoms with E-state index in [1.807, 2.05) is 6.92 Å². The fraction of sp³-hybridized carbons (Fsp3) is 0.455. The summed E-state index contributed by atoms with van der Waals surface area (Å²) in [4.78, 5) is 0. The Morgan fingerprint density at radius 2 is 1.95 bits per heavy atom. The standard InChI is InChI=1S/C11H14F3N5/c1-7-9(6-18(2)16-7)15-5-8-4-10(11(12,13)14)17-19(8)3/h4,6,15H,5H2,1-3H3. The largest absolute Gasteiger partial charge is 0.435 e. The van der Waals surface area contributed by atoms with Crippen LogP contribution in [-0.4, -0.2) is 19.6 Å². The molecular weight excluding hydrogens is 259 g/mol. The van der Waals surface area contributed by atoms with E-state index in [0.29, 0.717) is 5.69 Å². The van der Waals surface area contributed by atoms with Crippen LogP contribution in [0, 0.1) is 6.92 Å². The maximum absolute atomic E-state index is 12.5. The lowest BCUT2D eigenvalue weighted by Gasteiger charge is -2.04. The molecule has 0 bridgehead atoms. The highest BCUT2D eigenvalue weighted by atomic mass is 19.4. The molecule has 0 spiro atoms. The van der Waals surface area contributed by atoms with Gasteiger partial charge in [0.2, 0.25) is 0 Å². The number of anilines is 1. The Kier molecular flexibility index (Phi) is 3.25. The third kappa shape index (κ3) is 2.88. The first-order chi connectivity index (χ1) is 8.77. The summed E-state index contributed by atoms with van der Waals surface area (Å²) in [7, 11) is 3.27. The number of halogens is 3. The second-order valence-electron chi connectivity index (χ2n) is 4.30. The molecule has 0 aliphatic rings. The predicted molar refractivity (Wildman–Crippen MR) is 63.5 cm³/mol. The first-order valence-electron chi connectivity index (χ1n) is 5.61. The number of rotatable bonds is 3. The molecule has 19 heavy (non-hydrogen) atoms. The molecule has 0 unspecified atom stereocenters. The summed E-state index contributed by atoms with van der Waals surface area (Å²) in [5.74, 6) is 0. The molecule has 5 nitrogen and oxygen atoms in total. The second kappa shape index (κ2) is 4.60. The van der Waals surface area contributed by atoms with Gasteiger partial charge in [0.1, 0.15) is 0 Å². The van der Waals surface area contributed by atoms with E-state index in [-0.39, 0.29) is 6.54 Å². The SMILES string of the molecule is Cc1nn(C)cc1NCc1cc(C(F)(F)F)nn1C. The quantitative estimate of drug-likeness (QED) is 0.931. The van der Waals surface area contributed by atoms with Crippen LogP contribution in [0.2, 0.25) is 0 Å². The van der Waals surface area contributed by atoms with Crippen LogP contribution in [0.5, 0.6) is 0 Å². The van der Waals surface area contributed by atoms with Gasteiger partial charge in [-0.2, -0.15) is 23.4 Å². The van der Waals surface area contributed by atoms with Crippen LogP contribution in [0.1, 0.15) is 17.1 Å². The van der Waals surface area contributed by atoms with Gasteiger partial charge in [-0.25, -0.2) is 0 Å². The van der Waals surface area contributed by atoms with E-state index in [4.69, 9.17) is 0 Å². The highest BCUT2D eigenvalue weighted by Crippen LogP contribution is 2.28. The Morgan fingerprint density at radius 1 is 1.26 bits per heavy atom. The van der Waals surface area contributed by atoms with Crippen molar-refractivity contribution in [3.63, 3.8) is 0 Å². The summed E-state index contributed by atoms with van der Waals surface area (Å²) in [5.41, 5.74) is 1.16. The fourth-order valence-electron chi connectivity index (χ4n) is 1.77. The summed E-state index contributed by atoms with van der Waals surface area (Å²) >= 11 is 0. The smallest absolute Gasteiger partial charge is 0.377 e. The molecule has 2 aromatic heterocycles. The molecule has 0 aliphatic carbocycles. The van der Waals surface area contributed by atoms with Crippen LogP contribution in [-0.2, 0) is 26.8 Å². The summed E-state index contributed by atoms with van der Waals surface area (Å²) in [6, 6.07) is 1.04. The lowest BCUT2D eigenvalue weighted by molar-refractivity contribution is -0.141. The third-order valence-electron chi connectivity index (χ3n) is 2.74. The first-order valence-corrected chi connectivity index (χ1v) is 5.61. The minimum atomic E-state index is -4.42. The summed E-state index contributed by atoms with van der Waals surface area (Å²) in [6.45, 7) is 2.08. The minimum Gasteiger partial charge on any atom is -0.377 e. The Labute approximate surface area is 108 Å². The van der Waals surface area contributed by atoms with Gasteiger partial charge in [0, 0.05) is 20.3 Å². The number of hydrogen-bond acceptors (Lipinski definition) is 3. The summed E-state index contributed by atoms with van der Waals surface area (Å²) < 4.78 is 40.4. The molecular formula is C11H14F3N5. The highest BCUT2D eigenvalue weighted by Gasteiger charge is 2.34. The second-order valence-corrected chi connectivity index (χ2v) is 4.30. The van der Waals surface area contributed by atoms with E-state index in [9.17, 15) is 13.2 Å². The van der Waals surface area contributed by atoms with Crippen molar-refractivity contribution in [3.8, 4) is 0 Å². The molecule has 104 valence electrons. The van der Waals surface area contributed by atoms with Gasteiger partial charge in [-0.05, 0) is 13.0 Å². The first kappa shape index (κ1) is 13.4. The van der Waals surface area contributed by atoms with Crippen molar-refractivity contribution in [1.82, 2.24) is 19.6 Å². The van der Waals surface area contributed by atoms with Crippen molar-refractivity contribution in [3.05, 3.63) is 29.3 Å². The number of aryl methyl sites for hydroxylation is 3. The summed E-state index contributed by atoms with van der Waals surface area (Å²) in [6.07, 6.45) is -2.64. The number of nitrogens with zero attached hydrogens (tertiary/aromatic N) is 4. The lowest BCUT2D eigenvalue weighted by Crippen LogP contribution is -2.07. The number of alkyl halides is 3. The van der Waals surface area contributed by atoms with Gasteiger partial charge in [0.15, 0.2) is 5.69 Å². The van der Waals surface area contributed by atoms with Crippen molar-refractivity contribution in [2.75, 3.05) is 5.32 Å². The molecule has 8 heteroatoms. The maximum Gasteiger partial charge on any atom is 0.435 e. The van der Waals surface area contributed by atoms with Crippen molar-refractivity contribution >= 4 is 5.69 Å². The molecule has 0 atom stereocenters. The van der Waals surface area contributed by atoms with Crippen LogP contribution in [0.3, 0.4) is 0 Å². The van der Waals surface area contributed by atoms with Crippen LogP contribution >= 0.6 is 0 Å². The van der Waals surface area contributed by atoms with Crippen molar-refractivity contribution < 1.29 is 13.2 Å². The molecule has 0 aromatic carbocycles. The molecule has 0 aliphatic heterocycles. The van der Waals surface area contributed by atoms with E-state index >= 15 is 0 Å². The molecule has 2 aromatic rings. The molecule has 1 N–H and O–H groups in total. The van der Waals surface area contributed by atoms with Crippen molar-refractivity contribution in [1.29, 1.82) is 0 Å². The van der Waals surface area contributed by atoms with Crippen molar-refractivity contribution in [2.45, 2.75) is 19.6 Å². The molecule has 2 rings (SSSR count). The molecule has 0 saturated heterocycles. The topological polar surface area (TPSA) is 47.7 Å². The van der Waals surface area contributed by atoms with Gasteiger partial charge in [-0.15, -0.1) is 0 Å². The number of nitrogens with one attached hydrogen (secondary N) is 1. The molecule has 2 heterocycles. The van der Waals surface area contributed by atoms with Gasteiger partial charge >= 0.3 is 6.18 Å². The van der Waals surface area contributed by atoms with E-state index in [1.165, 1.54) is 11.7 Å². The number of aromatic nitrogens is 4. The Bertz CT molecular complexity index is 582. The Hall–Kier alpha value is -1.99. The maximum atomic E-state index is 12.5. The van der Waals surface area contributed by atoms with Gasteiger partial charge in [-0.1, -0.05) is 0 Å². The Morgan fingerprint density at radius 3 is 2.42 bits per heavy atom. The monoisotopic (exact) mass is 273 g/mol. The van der Waals surface area contributed by atoms with E-state index in [1.54, 1.807) is 17.9 Å². The van der Waals surface area contributed by atoms with Crippen LogP contribution < -0.4 is 5.32 Å². The van der Waals surface area contributed by atoms with Gasteiger partial charge < -0.3 is 5.32 Å². The molecule has 0 radical (unpaired) electrons. The fourth-order valence-corrected chi connectivity index (χ4v) is 1.77. The summed E-state index contributed by atoms with van der Waals surface area (Å²) in [5, 5.41) is 10.6. The van der Waals surface area contributed by atoms with E-state index in [2.05, 4.69) is 15.5 Å². The average Bonchev–Trinajstić information content (AvgIpc) is 2.79. The van der Waals surface area contributed by atoms with E-state index in [0.717, 1.165) is 17.4 Å². The third-order valence-corrected chi connectivity index (χ3v) is 2.74. The highest BCUT2D eigenvalue weighted by molar-refractivity contribution is 5.45. The van der Waals surface area contributed by atoms with Gasteiger partial charge in [-0.3, -0.25) is 9.36 Å². The van der Waals surface area contributed by atoms with E-state index < -0.39 is 11.9 Å².